The fourth-order valence-corrected chi connectivity index (χ4v) is 7.76. The molecule has 2 amide bonds. The third-order valence-corrected chi connectivity index (χ3v) is 10.6. The van der Waals surface area contributed by atoms with Gasteiger partial charge >= 0.3 is 0 Å². The smallest absolute Gasteiger partial charge is 0.243 e. The van der Waals surface area contributed by atoms with Crippen LogP contribution in [0.5, 0.6) is 0 Å². The summed E-state index contributed by atoms with van der Waals surface area (Å²) in [5, 5.41) is 21.3. The van der Waals surface area contributed by atoms with E-state index in [1.807, 2.05) is 30.3 Å². The lowest BCUT2D eigenvalue weighted by molar-refractivity contribution is -0.253. The number of unbranched alkanes of at least 4 members (excludes halogenated alkanes) is 2. The maximum Gasteiger partial charge on any atom is 0.243 e. The fourth-order valence-electron chi connectivity index (χ4n) is 7.76. The van der Waals surface area contributed by atoms with Gasteiger partial charge in [0.1, 0.15) is 0 Å². The van der Waals surface area contributed by atoms with Gasteiger partial charge in [-0.25, -0.2) is 5.48 Å². The summed E-state index contributed by atoms with van der Waals surface area (Å²) in [5.41, 5.74) is 7.73. The van der Waals surface area contributed by atoms with Crippen molar-refractivity contribution in [3.63, 3.8) is 0 Å². The van der Waals surface area contributed by atoms with Crippen molar-refractivity contribution in [2.75, 3.05) is 32.7 Å². The summed E-state index contributed by atoms with van der Waals surface area (Å²) in [6, 6.07) is 25.2. The van der Waals surface area contributed by atoms with Crippen LogP contribution in [0.3, 0.4) is 0 Å². The van der Waals surface area contributed by atoms with Crippen molar-refractivity contribution >= 4 is 11.8 Å². The number of nitrogens with zero attached hydrogens (tertiary/aromatic N) is 2. The van der Waals surface area contributed by atoms with Gasteiger partial charge in [0.05, 0.1) is 18.8 Å². The van der Waals surface area contributed by atoms with Gasteiger partial charge in [-0.15, -0.1) is 0 Å². The summed E-state index contributed by atoms with van der Waals surface area (Å²) in [6.07, 6.45) is 7.98. The average Bonchev–Trinajstić information content (AvgIpc) is 3.86. The molecule has 3 fully saturated rings. The number of benzene rings is 3. The van der Waals surface area contributed by atoms with Gasteiger partial charge in [-0.2, -0.15) is 0 Å². The summed E-state index contributed by atoms with van der Waals surface area (Å²) >= 11 is 0. The van der Waals surface area contributed by atoms with E-state index in [9.17, 15) is 14.7 Å². The molecule has 0 spiro atoms. The van der Waals surface area contributed by atoms with Crippen LogP contribution in [0.1, 0.15) is 98.9 Å². The number of aliphatic hydroxyl groups excluding tert-OH is 1. The average molecular weight is 699 g/mol. The van der Waals surface area contributed by atoms with E-state index >= 15 is 0 Å². The molecule has 3 aliphatic rings. The van der Waals surface area contributed by atoms with Crippen LogP contribution in [0, 0.1) is 0 Å². The molecule has 4 N–H and O–H groups in total. The molecule has 10 nitrogen and oxygen atoms in total. The molecule has 3 aliphatic heterocycles. The number of ether oxygens (including phenoxy) is 2. The summed E-state index contributed by atoms with van der Waals surface area (Å²) in [6.45, 7) is 6.03. The summed E-state index contributed by atoms with van der Waals surface area (Å²) in [5.74, 6) is -0.426. The van der Waals surface area contributed by atoms with Crippen molar-refractivity contribution in [1.29, 1.82) is 0 Å². The molecular weight excluding hydrogens is 644 g/mol. The quantitative estimate of drug-likeness (QED) is 0.0814. The predicted octanol–water partition coefficient (Wildman–Crippen LogP) is 6.02. The molecule has 6 rings (SSSR count). The Balaban J connectivity index is 1.10. The number of hydrogen-bond donors (Lipinski definition) is 4. The van der Waals surface area contributed by atoms with Gasteiger partial charge in [-0.05, 0) is 86.0 Å². The van der Waals surface area contributed by atoms with Crippen molar-refractivity contribution in [2.24, 2.45) is 0 Å². The van der Waals surface area contributed by atoms with Crippen LogP contribution in [0.25, 0.3) is 11.1 Å². The Bertz CT molecular complexity index is 1540. The zero-order chi connectivity index (χ0) is 35.4. The summed E-state index contributed by atoms with van der Waals surface area (Å²) < 4.78 is 13.4. The second-order valence-corrected chi connectivity index (χ2v) is 14.3. The number of amides is 2. The van der Waals surface area contributed by atoms with Crippen LogP contribution < -0.4 is 10.8 Å². The number of rotatable bonds is 16. The summed E-state index contributed by atoms with van der Waals surface area (Å²) in [4.78, 5) is 29.0. The molecule has 4 atom stereocenters. The van der Waals surface area contributed by atoms with Crippen molar-refractivity contribution in [2.45, 2.75) is 102 Å². The number of hydrogen-bond acceptors (Lipinski definition) is 8. The van der Waals surface area contributed by atoms with Gasteiger partial charge in [-0.1, -0.05) is 79.2 Å². The minimum atomic E-state index is -0.507. The number of hydroxylamine groups is 1. The zero-order valence-electron chi connectivity index (χ0n) is 29.7. The van der Waals surface area contributed by atoms with Crippen molar-refractivity contribution in [3.05, 3.63) is 95.1 Å². The molecule has 274 valence electrons. The largest absolute Gasteiger partial charge is 0.392 e. The maximum atomic E-state index is 12.6. The van der Waals surface area contributed by atoms with Gasteiger partial charge in [0.2, 0.25) is 11.8 Å². The van der Waals surface area contributed by atoms with Crippen molar-refractivity contribution in [3.8, 4) is 11.1 Å². The third kappa shape index (κ3) is 10.5. The first-order chi connectivity index (χ1) is 25.0. The van der Waals surface area contributed by atoms with Crippen molar-refractivity contribution in [1.82, 2.24) is 20.6 Å². The Hall–Kier alpha value is -3.64. The normalized spacial score (nSPS) is 22.6. The van der Waals surface area contributed by atoms with Gasteiger partial charge < -0.3 is 24.8 Å². The monoisotopic (exact) mass is 698 g/mol. The van der Waals surface area contributed by atoms with E-state index in [1.54, 1.807) is 5.48 Å². The highest BCUT2D eigenvalue weighted by atomic mass is 16.7. The Labute approximate surface area is 302 Å². The van der Waals surface area contributed by atoms with Crippen LogP contribution in [0.4, 0.5) is 0 Å². The van der Waals surface area contributed by atoms with Crippen molar-refractivity contribution < 1.29 is 29.4 Å². The van der Waals surface area contributed by atoms with Gasteiger partial charge in [0, 0.05) is 50.5 Å². The Morgan fingerprint density at radius 1 is 0.784 bits per heavy atom. The molecule has 3 saturated heterocycles. The van der Waals surface area contributed by atoms with Gasteiger partial charge in [-0.3, -0.25) is 19.7 Å². The minimum Gasteiger partial charge on any atom is -0.392 e. The molecule has 3 aromatic rings. The number of carbonyl (C=O) groups excluding carboxylic acids is 2. The SMILES string of the molecule is O=C(CCCCCC(=O)NCc1ccccc1-c1ccc([C@H]2O[C@@H](CN3CCC[C@H]3CN3CCCC3)C[C@@H](c3ccc(CO)cc3)O2)cc1)NO. The fraction of sp³-hybridized carbons (Fsp3) is 0.512. The molecule has 0 bridgehead atoms. The molecule has 0 radical (unpaired) electrons. The Morgan fingerprint density at radius 2 is 1.51 bits per heavy atom. The lowest BCUT2D eigenvalue weighted by atomic mass is 9.97. The van der Waals surface area contributed by atoms with E-state index in [1.165, 1.54) is 38.8 Å². The van der Waals surface area contributed by atoms with E-state index in [0.717, 1.165) is 65.9 Å². The number of aliphatic hydroxyl groups is 1. The molecule has 3 heterocycles. The standard InChI is InChI=1S/C41H54N4O6/c46-29-30-14-16-32(17-15-30)38-25-36(28-45-24-8-10-35(45)27-44-22-6-7-23-44)50-41(51-38)33-20-18-31(19-21-33)37-11-5-4-9-34(37)26-42-39(47)12-2-1-3-13-40(48)43-49/h4-5,9,11,14-21,35-36,38,41,46,49H,1-3,6-8,10,12-13,22-29H2,(H,42,47)(H,43,48)/t35-,36+,38-,41-/m0/s1. The molecule has 0 unspecified atom stereocenters. The highest BCUT2D eigenvalue weighted by Crippen LogP contribution is 2.39. The number of carbonyl (C=O) groups is 2. The topological polar surface area (TPSA) is 124 Å². The van der Waals surface area contributed by atoms with Crippen LogP contribution in [0.2, 0.25) is 0 Å². The molecule has 51 heavy (non-hydrogen) atoms. The van der Waals surface area contributed by atoms with E-state index in [4.69, 9.17) is 14.7 Å². The van der Waals surface area contributed by atoms with Crippen LogP contribution >= 0.6 is 0 Å². The predicted molar refractivity (Wildman–Crippen MR) is 195 cm³/mol. The number of likely N-dealkylation sites (tertiary alicyclic amines) is 2. The Kier molecular flexibility index (Phi) is 13.6. The Morgan fingerprint density at radius 3 is 2.25 bits per heavy atom. The zero-order valence-corrected chi connectivity index (χ0v) is 29.7. The van der Waals surface area contributed by atoms with E-state index in [0.29, 0.717) is 31.8 Å². The second kappa shape index (κ2) is 18.7. The highest BCUT2D eigenvalue weighted by Gasteiger charge is 2.36. The number of nitrogens with one attached hydrogen (secondary N) is 2. The van der Waals surface area contributed by atoms with Gasteiger partial charge in [0.25, 0.3) is 0 Å². The maximum absolute atomic E-state index is 12.6. The summed E-state index contributed by atoms with van der Waals surface area (Å²) in [7, 11) is 0. The first-order valence-electron chi connectivity index (χ1n) is 18.8. The molecule has 0 saturated carbocycles. The van der Waals surface area contributed by atoms with E-state index in [2.05, 4.69) is 57.6 Å². The molecule has 0 aromatic heterocycles. The molecular formula is C41H54N4O6. The third-order valence-electron chi connectivity index (χ3n) is 10.6. The highest BCUT2D eigenvalue weighted by molar-refractivity contribution is 5.76. The first-order valence-corrected chi connectivity index (χ1v) is 18.8. The lowest BCUT2D eigenvalue weighted by Crippen LogP contribution is -2.45. The van der Waals surface area contributed by atoms with Crippen LogP contribution in [-0.2, 0) is 32.2 Å². The first kappa shape index (κ1) is 37.1. The molecule has 10 heteroatoms. The van der Waals surface area contributed by atoms with Crippen LogP contribution in [0.15, 0.2) is 72.8 Å². The van der Waals surface area contributed by atoms with E-state index in [-0.39, 0.29) is 31.1 Å². The molecule has 3 aromatic carbocycles. The minimum absolute atomic E-state index is 0.0183. The van der Waals surface area contributed by atoms with Crippen LogP contribution in [-0.4, -0.2) is 76.8 Å². The van der Waals surface area contributed by atoms with Gasteiger partial charge in [0.15, 0.2) is 6.29 Å². The lowest BCUT2D eigenvalue weighted by Gasteiger charge is -2.39. The molecule has 0 aliphatic carbocycles. The van der Waals surface area contributed by atoms with E-state index < -0.39 is 12.2 Å². The second-order valence-electron chi connectivity index (χ2n) is 14.3.